The molecule has 0 radical (unpaired) electrons. The lowest BCUT2D eigenvalue weighted by atomic mass is 9.84. The van der Waals surface area contributed by atoms with E-state index in [0.29, 0.717) is 31.2 Å². The van der Waals surface area contributed by atoms with E-state index < -0.39 is 11.6 Å². The molecule has 5 aromatic rings. The molecular formula is C41H39N3O4S. The lowest BCUT2D eigenvalue weighted by molar-refractivity contribution is -0.129. The minimum absolute atomic E-state index is 0.0674. The van der Waals surface area contributed by atoms with Crippen molar-refractivity contribution in [3.63, 3.8) is 0 Å². The SMILES string of the molecule is C=CC[C@]1(C(=O)NNCc2ccccc2Sc2ccccc2)N=C(c2ccc(OCCCO)cc2)O[C@H]1c1ccc(-c2ccccc2)cc1. The van der Waals surface area contributed by atoms with Gasteiger partial charge in [0.15, 0.2) is 11.6 Å². The molecule has 5 aromatic carbocycles. The molecule has 8 heteroatoms. The van der Waals surface area contributed by atoms with Gasteiger partial charge in [0.2, 0.25) is 5.90 Å². The summed E-state index contributed by atoms with van der Waals surface area (Å²) in [5.74, 6) is 0.714. The molecule has 0 saturated heterocycles. The Labute approximate surface area is 291 Å². The van der Waals surface area contributed by atoms with Crippen LogP contribution < -0.4 is 15.6 Å². The maximum absolute atomic E-state index is 14.3. The Morgan fingerprint density at radius 3 is 2.22 bits per heavy atom. The average Bonchev–Trinajstić information content (AvgIpc) is 3.54. The van der Waals surface area contributed by atoms with Crippen LogP contribution in [0.25, 0.3) is 11.1 Å². The molecule has 0 fully saturated rings. The number of carbonyl (C=O) groups is 1. The number of aliphatic imine (C=N–C) groups is 1. The van der Waals surface area contributed by atoms with E-state index in [-0.39, 0.29) is 18.9 Å². The Kier molecular flexibility index (Phi) is 11.2. The molecule has 0 saturated carbocycles. The predicted octanol–water partition coefficient (Wildman–Crippen LogP) is 7.92. The summed E-state index contributed by atoms with van der Waals surface area (Å²) in [7, 11) is 0. The molecule has 6 rings (SSSR count). The van der Waals surface area contributed by atoms with Gasteiger partial charge in [-0.1, -0.05) is 109 Å². The molecular weight excluding hydrogens is 631 g/mol. The zero-order valence-electron chi connectivity index (χ0n) is 27.1. The molecule has 248 valence electrons. The lowest BCUT2D eigenvalue weighted by Gasteiger charge is -2.30. The molecule has 1 aliphatic rings. The van der Waals surface area contributed by atoms with Crippen LogP contribution in [0.4, 0.5) is 0 Å². The molecule has 2 atom stereocenters. The third kappa shape index (κ3) is 8.12. The van der Waals surface area contributed by atoms with Crippen molar-refractivity contribution >= 4 is 23.6 Å². The van der Waals surface area contributed by atoms with Crippen molar-refractivity contribution in [2.45, 2.75) is 40.8 Å². The van der Waals surface area contributed by atoms with Gasteiger partial charge in [-0.3, -0.25) is 10.2 Å². The third-order valence-electron chi connectivity index (χ3n) is 8.23. The van der Waals surface area contributed by atoms with Crippen LogP contribution in [0.2, 0.25) is 0 Å². The van der Waals surface area contributed by atoms with Gasteiger partial charge in [0.25, 0.3) is 5.91 Å². The first-order valence-corrected chi connectivity index (χ1v) is 17.1. The van der Waals surface area contributed by atoms with Gasteiger partial charge in [0.1, 0.15) is 5.75 Å². The Bertz CT molecular complexity index is 1870. The number of hydrazine groups is 1. The van der Waals surface area contributed by atoms with Crippen molar-refractivity contribution in [3.8, 4) is 16.9 Å². The van der Waals surface area contributed by atoms with Crippen LogP contribution in [0.5, 0.6) is 5.75 Å². The summed E-state index contributed by atoms with van der Waals surface area (Å²) in [5, 5.41) is 9.08. The number of hydrogen-bond donors (Lipinski definition) is 3. The number of amides is 1. The molecule has 0 bridgehead atoms. The normalized spacial score (nSPS) is 16.8. The number of aliphatic hydroxyl groups excluding tert-OH is 1. The number of aliphatic hydroxyl groups is 1. The maximum atomic E-state index is 14.3. The first kappa shape index (κ1) is 33.7. The van der Waals surface area contributed by atoms with E-state index in [1.54, 1.807) is 17.8 Å². The minimum atomic E-state index is -1.33. The molecule has 3 N–H and O–H groups in total. The maximum Gasteiger partial charge on any atom is 0.266 e. The Hall–Kier alpha value is -5.15. The van der Waals surface area contributed by atoms with Crippen LogP contribution in [0.15, 0.2) is 161 Å². The Balaban J connectivity index is 1.26. The van der Waals surface area contributed by atoms with Crippen molar-refractivity contribution in [3.05, 3.63) is 163 Å². The molecule has 7 nitrogen and oxygen atoms in total. The van der Waals surface area contributed by atoms with E-state index in [1.807, 2.05) is 103 Å². The zero-order valence-corrected chi connectivity index (χ0v) is 27.9. The first-order valence-electron chi connectivity index (χ1n) is 16.3. The zero-order chi connectivity index (χ0) is 33.9. The van der Waals surface area contributed by atoms with Crippen LogP contribution >= 0.6 is 11.8 Å². The Morgan fingerprint density at radius 1 is 0.857 bits per heavy atom. The van der Waals surface area contributed by atoms with Gasteiger partial charge in [0.05, 0.1) is 6.61 Å². The highest BCUT2D eigenvalue weighted by molar-refractivity contribution is 7.99. The summed E-state index contributed by atoms with van der Waals surface area (Å²) >= 11 is 1.68. The van der Waals surface area contributed by atoms with Crippen molar-refractivity contribution in [1.82, 2.24) is 10.9 Å². The highest BCUT2D eigenvalue weighted by atomic mass is 32.2. The topological polar surface area (TPSA) is 92.2 Å². The highest BCUT2D eigenvalue weighted by Crippen LogP contribution is 2.43. The van der Waals surface area contributed by atoms with Gasteiger partial charge in [0, 0.05) is 41.3 Å². The van der Waals surface area contributed by atoms with Gasteiger partial charge in [-0.25, -0.2) is 10.4 Å². The third-order valence-corrected chi connectivity index (χ3v) is 9.36. The summed E-state index contributed by atoms with van der Waals surface area (Å²) in [6.07, 6.45) is 1.80. The molecule has 1 amide bonds. The summed E-state index contributed by atoms with van der Waals surface area (Å²) < 4.78 is 12.3. The van der Waals surface area contributed by atoms with Crippen LogP contribution in [-0.4, -0.2) is 35.7 Å². The molecule has 0 spiro atoms. The fourth-order valence-corrected chi connectivity index (χ4v) is 6.67. The highest BCUT2D eigenvalue weighted by Gasteiger charge is 2.52. The van der Waals surface area contributed by atoms with Crippen LogP contribution in [-0.2, 0) is 16.1 Å². The average molecular weight is 670 g/mol. The van der Waals surface area contributed by atoms with Gasteiger partial charge in [-0.2, -0.15) is 0 Å². The fourth-order valence-electron chi connectivity index (χ4n) is 5.71. The van der Waals surface area contributed by atoms with Crippen molar-refractivity contribution < 1.29 is 19.4 Å². The molecule has 49 heavy (non-hydrogen) atoms. The Morgan fingerprint density at radius 2 is 1.51 bits per heavy atom. The van der Waals surface area contributed by atoms with Gasteiger partial charge in [-0.05, 0) is 64.7 Å². The van der Waals surface area contributed by atoms with E-state index in [4.69, 9.17) is 19.6 Å². The molecule has 1 aliphatic heterocycles. The van der Waals surface area contributed by atoms with Crippen LogP contribution in [0.1, 0.15) is 35.6 Å². The largest absolute Gasteiger partial charge is 0.494 e. The van der Waals surface area contributed by atoms with Gasteiger partial charge >= 0.3 is 0 Å². The van der Waals surface area contributed by atoms with Gasteiger partial charge < -0.3 is 14.6 Å². The van der Waals surface area contributed by atoms with E-state index in [1.165, 1.54) is 0 Å². The second kappa shape index (κ2) is 16.3. The summed E-state index contributed by atoms with van der Waals surface area (Å²) in [5.41, 5.74) is 9.57. The van der Waals surface area contributed by atoms with E-state index in [2.05, 4.69) is 47.8 Å². The minimum Gasteiger partial charge on any atom is -0.494 e. The van der Waals surface area contributed by atoms with Crippen molar-refractivity contribution in [2.75, 3.05) is 13.2 Å². The lowest BCUT2D eigenvalue weighted by Crippen LogP contribution is -2.52. The fraction of sp³-hybridized carbons (Fsp3) is 0.171. The predicted molar refractivity (Wildman–Crippen MR) is 195 cm³/mol. The summed E-state index contributed by atoms with van der Waals surface area (Å²) in [4.78, 5) is 21.6. The van der Waals surface area contributed by atoms with Crippen molar-refractivity contribution in [2.24, 2.45) is 4.99 Å². The van der Waals surface area contributed by atoms with E-state index in [9.17, 15) is 4.79 Å². The number of hydrogen-bond acceptors (Lipinski definition) is 7. The second-order valence-corrected chi connectivity index (χ2v) is 12.7. The quantitative estimate of drug-likeness (QED) is 0.0596. The number of carbonyl (C=O) groups excluding carboxylic acids is 1. The number of rotatable bonds is 15. The monoisotopic (exact) mass is 669 g/mol. The number of ether oxygens (including phenoxy) is 2. The van der Waals surface area contributed by atoms with Crippen LogP contribution in [0, 0.1) is 0 Å². The van der Waals surface area contributed by atoms with Crippen molar-refractivity contribution in [1.29, 1.82) is 0 Å². The standard InChI is InChI=1S/C41H39N3O4S/c1-2-26-41(40(46)44-42-29-34-14-9-10-17-37(34)49-36-15-7-4-8-16-36)38(32-20-18-31(19-21-32)30-12-5-3-6-13-30)48-39(43-41)33-22-24-35(25-23-33)47-28-11-27-45/h2-10,12-25,38,42,45H,1,11,26-29H2,(H,44,46)/t38-,41-/m0/s1. The van der Waals surface area contributed by atoms with E-state index >= 15 is 0 Å². The first-order chi connectivity index (χ1) is 24.1. The second-order valence-electron chi connectivity index (χ2n) is 11.6. The molecule has 0 unspecified atom stereocenters. The number of nitrogens with one attached hydrogen (secondary N) is 2. The smallest absolute Gasteiger partial charge is 0.266 e. The summed E-state index contributed by atoms with van der Waals surface area (Å²) in [6.45, 7) is 4.89. The molecule has 0 aromatic heterocycles. The number of benzene rings is 5. The molecule has 0 aliphatic carbocycles. The number of nitrogens with zero attached hydrogens (tertiary/aromatic N) is 1. The van der Waals surface area contributed by atoms with E-state index in [0.717, 1.165) is 37.6 Å². The van der Waals surface area contributed by atoms with Gasteiger partial charge in [-0.15, -0.1) is 6.58 Å². The molecule has 1 heterocycles. The van der Waals surface area contributed by atoms with Crippen LogP contribution in [0.3, 0.4) is 0 Å². The summed E-state index contributed by atoms with van der Waals surface area (Å²) in [6, 6.07) is 44.0.